The van der Waals surface area contributed by atoms with E-state index in [4.69, 9.17) is 5.73 Å². The third kappa shape index (κ3) is 3.56. The summed E-state index contributed by atoms with van der Waals surface area (Å²) >= 11 is 0. The Balaban J connectivity index is 2.74. The van der Waals surface area contributed by atoms with Crippen molar-refractivity contribution in [1.29, 1.82) is 0 Å². The molecule has 1 aromatic rings. The molecule has 0 saturated carbocycles. The number of carbonyl (C=O) groups is 1. The molecule has 1 atom stereocenters. The van der Waals surface area contributed by atoms with Crippen molar-refractivity contribution in [2.24, 2.45) is 5.73 Å². The second kappa shape index (κ2) is 5.82. The SMILES string of the molecule is CCC(N)C(=O)N(C)Cc1ccc(C)cc1C. The van der Waals surface area contributed by atoms with Crippen LogP contribution in [0.3, 0.4) is 0 Å². The van der Waals surface area contributed by atoms with Crippen LogP contribution < -0.4 is 5.73 Å². The molecule has 1 amide bonds. The maximum absolute atomic E-state index is 11.9. The van der Waals surface area contributed by atoms with Crippen LogP contribution in [0.2, 0.25) is 0 Å². The van der Waals surface area contributed by atoms with Crippen molar-refractivity contribution in [3.05, 3.63) is 34.9 Å². The number of rotatable bonds is 4. The van der Waals surface area contributed by atoms with Crippen molar-refractivity contribution in [1.82, 2.24) is 4.90 Å². The maximum atomic E-state index is 11.9. The Morgan fingerprint density at radius 2 is 2.06 bits per heavy atom. The smallest absolute Gasteiger partial charge is 0.239 e. The minimum Gasteiger partial charge on any atom is -0.340 e. The Morgan fingerprint density at radius 1 is 1.41 bits per heavy atom. The van der Waals surface area contributed by atoms with E-state index in [1.54, 1.807) is 11.9 Å². The van der Waals surface area contributed by atoms with Gasteiger partial charge in [0.1, 0.15) is 0 Å². The van der Waals surface area contributed by atoms with Gasteiger partial charge in [-0.1, -0.05) is 30.7 Å². The van der Waals surface area contributed by atoms with E-state index in [1.165, 1.54) is 16.7 Å². The second-order valence-electron chi connectivity index (χ2n) is 4.64. The Hall–Kier alpha value is -1.35. The summed E-state index contributed by atoms with van der Waals surface area (Å²) in [5.41, 5.74) is 9.38. The lowest BCUT2D eigenvalue weighted by molar-refractivity contribution is -0.131. The van der Waals surface area contributed by atoms with Crippen LogP contribution in [0.1, 0.15) is 30.0 Å². The first-order chi connectivity index (χ1) is 7.95. The predicted octanol–water partition coefficient (Wildman–Crippen LogP) is 2.00. The highest BCUT2D eigenvalue weighted by atomic mass is 16.2. The number of carbonyl (C=O) groups excluding carboxylic acids is 1. The first-order valence-electron chi connectivity index (χ1n) is 6.02. The molecule has 0 aliphatic heterocycles. The van der Waals surface area contributed by atoms with Crippen LogP contribution >= 0.6 is 0 Å². The van der Waals surface area contributed by atoms with E-state index in [1.807, 2.05) is 6.92 Å². The fourth-order valence-electron chi connectivity index (χ4n) is 1.81. The molecule has 1 aromatic carbocycles. The molecule has 3 nitrogen and oxygen atoms in total. The number of hydrogen-bond donors (Lipinski definition) is 1. The molecule has 0 radical (unpaired) electrons. The van der Waals surface area contributed by atoms with Gasteiger partial charge in [-0.2, -0.15) is 0 Å². The van der Waals surface area contributed by atoms with Gasteiger partial charge in [-0.3, -0.25) is 4.79 Å². The van der Waals surface area contributed by atoms with Gasteiger partial charge in [-0.25, -0.2) is 0 Å². The zero-order chi connectivity index (χ0) is 13.0. The van der Waals surface area contributed by atoms with Crippen molar-refractivity contribution in [3.63, 3.8) is 0 Å². The average Bonchev–Trinajstić information content (AvgIpc) is 2.30. The quantitative estimate of drug-likeness (QED) is 0.866. The molecule has 17 heavy (non-hydrogen) atoms. The first kappa shape index (κ1) is 13.7. The summed E-state index contributed by atoms with van der Waals surface area (Å²) in [4.78, 5) is 13.6. The molecular weight excluding hydrogens is 212 g/mol. The lowest BCUT2D eigenvalue weighted by Gasteiger charge is -2.21. The second-order valence-corrected chi connectivity index (χ2v) is 4.64. The largest absolute Gasteiger partial charge is 0.340 e. The van der Waals surface area contributed by atoms with Gasteiger partial charge in [0, 0.05) is 13.6 Å². The highest BCUT2D eigenvalue weighted by Gasteiger charge is 2.16. The highest BCUT2D eigenvalue weighted by Crippen LogP contribution is 2.13. The Kier molecular flexibility index (Phi) is 4.70. The number of aryl methyl sites for hydroxylation is 2. The maximum Gasteiger partial charge on any atom is 0.239 e. The van der Waals surface area contributed by atoms with E-state index >= 15 is 0 Å². The summed E-state index contributed by atoms with van der Waals surface area (Å²) in [6.07, 6.45) is 0.677. The molecule has 0 fully saturated rings. The third-order valence-corrected chi connectivity index (χ3v) is 3.04. The van der Waals surface area contributed by atoms with Crippen LogP contribution in [0.4, 0.5) is 0 Å². The monoisotopic (exact) mass is 234 g/mol. The highest BCUT2D eigenvalue weighted by molar-refractivity contribution is 5.81. The fourth-order valence-corrected chi connectivity index (χ4v) is 1.81. The lowest BCUT2D eigenvalue weighted by atomic mass is 10.1. The minimum atomic E-state index is -0.384. The summed E-state index contributed by atoms with van der Waals surface area (Å²) in [7, 11) is 1.80. The van der Waals surface area contributed by atoms with Crippen LogP contribution in [0, 0.1) is 13.8 Å². The van der Waals surface area contributed by atoms with E-state index in [9.17, 15) is 4.79 Å². The summed E-state index contributed by atoms with van der Waals surface area (Å²) in [5, 5.41) is 0. The molecule has 1 unspecified atom stereocenters. The van der Waals surface area contributed by atoms with Crippen molar-refractivity contribution in [2.75, 3.05) is 7.05 Å². The molecule has 0 aromatic heterocycles. The summed E-state index contributed by atoms with van der Waals surface area (Å²) < 4.78 is 0. The normalized spacial score (nSPS) is 12.3. The number of nitrogens with two attached hydrogens (primary N) is 1. The summed E-state index contributed by atoms with van der Waals surface area (Å²) in [6.45, 7) is 6.69. The molecular formula is C14H22N2O. The third-order valence-electron chi connectivity index (χ3n) is 3.04. The zero-order valence-electron chi connectivity index (χ0n) is 11.2. The van der Waals surface area contributed by atoms with E-state index in [0.29, 0.717) is 13.0 Å². The van der Waals surface area contributed by atoms with Crippen molar-refractivity contribution in [2.45, 2.75) is 39.8 Å². The Morgan fingerprint density at radius 3 is 2.59 bits per heavy atom. The van der Waals surface area contributed by atoms with E-state index < -0.39 is 0 Å². The predicted molar refractivity (Wildman–Crippen MR) is 70.7 cm³/mol. The van der Waals surface area contributed by atoms with Gasteiger partial charge in [-0.15, -0.1) is 0 Å². The van der Waals surface area contributed by atoms with Gasteiger partial charge in [0.15, 0.2) is 0 Å². The van der Waals surface area contributed by atoms with Crippen LogP contribution in [0.25, 0.3) is 0 Å². The van der Waals surface area contributed by atoms with Gasteiger partial charge >= 0.3 is 0 Å². The van der Waals surface area contributed by atoms with E-state index in [0.717, 1.165) is 0 Å². The molecule has 0 aliphatic carbocycles. The zero-order valence-corrected chi connectivity index (χ0v) is 11.2. The Labute approximate surface area is 104 Å². The number of likely N-dealkylation sites (N-methyl/N-ethyl adjacent to an activating group) is 1. The topological polar surface area (TPSA) is 46.3 Å². The minimum absolute atomic E-state index is 0.00692. The summed E-state index contributed by atoms with van der Waals surface area (Å²) in [6, 6.07) is 5.89. The lowest BCUT2D eigenvalue weighted by Crippen LogP contribution is -2.40. The van der Waals surface area contributed by atoms with Gasteiger partial charge in [-0.05, 0) is 31.4 Å². The molecule has 0 bridgehead atoms. The van der Waals surface area contributed by atoms with Crippen LogP contribution in [-0.4, -0.2) is 23.9 Å². The van der Waals surface area contributed by atoms with Gasteiger partial charge in [0.2, 0.25) is 5.91 Å². The Bertz CT molecular complexity index is 401. The molecule has 1 rings (SSSR count). The first-order valence-corrected chi connectivity index (χ1v) is 6.02. The molecule has 0 saturated heterocycles. The van der Waals surface area contributed by atoms with Crippen molar-refractivity contribution >= 4 is 5.91 Å². The molecule has 94 valence electrons. The standard InChI is InChI=1S/C14H22N2O/c1-5-13(15)14(17)16(4)9-12-7-6-10(2)8-11(12)3/h6-8,13H,5,9,15H2,1-4H3. The molecule has 0 spiro atoms. The number of benzene rings is 1. The molecule has 3 heteroatoms. The van der Waals surface area contributed by atoms with Gasteiger partial charge < -0.3 is 10.6 Å². The number of hydrogen-bond acceptors (Lipinski definition) is 2. The van der Waals surface area contributed by atoms with E-state index in [2.05, 4.69) is 32.0 Å². The summed E-state index contributed by atoms with van der Waals surface area (Å²) in [5.74, 6) is 0.00692. The van der Waals surface area contributed by atoms with Gasteiger partial charge in [0.05, 0.1) is 6.04 Å². The van der Waals surface area contributed by atoms with E-state index in [-0.39, 0.29) is 11.9 Å². The number of nitrogens with zero attached hydrogens (tertiary/aromatic N) is 1. The van der Waals surface area contributed by atoms with Gasteiger partial charge in [0.25, 0.3) is 0 Å². The molecule has 0 aliphatic rings. The van der Waals surface area contributed by atoms with Crippen LogP contribution in [0.5, 0.6) is 0 Å². The van der Waals surface area contributed by atoms with Crippen LogP contribution in [-0.2, 0) is 11.3 Å². The van der Waals surface area contributed by atoms with Crippen molar-refractivity contribution < 1.29 is 4.79 Å². The molecule has 0 heterocycles. The average molecular weight is 234 g/mol. The number of amides is 1. The van der Waals surface area contributed by atoms with Crippen LogP contribution in [0.15, 0.2) is 18.2 Å². The molecule has 2 N–H and O–H groups in total. The fraction of sp³-hybridized carbons (Fsp3) is 0.500. The van der Waals surface area contributed by atoms with Crippen molar-refractivity contribution in [3.8, 4) is 0 Å².